The van der Waals surface area contributed by atoms with E-state index in [2.05, 4.69) is 10.3 Å². The minimum atomic E-state index is -0.121. The first-order valence-electron chi connectivity index (χ1n) is 11.4. The Labute approximate surface area is 197 Å². The van der Waals surface area contributed by atoms with Crippen LogP contribution in [0.25, 0.3) is 10.9 Å². The Kier molecular flexibility index (Phi) is 7.44. The zero-order valence-corrected chi connectivity index (χ0v) is 19.6. The first-order chi connectivity index (χ1) is 16.0. The van der Waals surface area contributed by atoms with Gasteiger partial charge in [0.25, 0.3) is 5.56 Å². The number of benzene rings is 2. The zero-order chi connectivity index (χ0) is 23.2. The fourth-order valence-corrected chi connectivity index (χ4v) is 4.26. The van der Waals surface area contributed by atoms with Crippen LogP contribution in [0.4, 0.5) is 0 Å². The Morgan fingerprint density at radius 3 is 2.76 bits per heavy atom. The van der Waals surface area contributed by atoms with E-state index in [0.717, 1.165) is 48.3 Å². The third kappa shape index (κ3) is 5.63. The molecule has 0 aliphatic carbocycles. The smallest absolute Gasteiger partial charge is 0.262 e. The van der Waals surface area contributed by atoms with Gasteiger partial charge in [-0.2, -0.15) is 0 Å². The van der Waals surface area contributed by atoms with Crippen LogP contribution in [-0.4, -0.2) is 28.7 Å². The second-order valence-corrected chi connectivity index (χ2v) is 8.68. The first kappa shape index (κ1) is 23.0. The van der Waals surface area contributed by atoms with Crippen LogP contribution < -0.4 is 20.3 Å². The Balaban J connectivity index is 1.24. The molecule has 33 heavy (non-hydrogen) atoms. The lowest BCUT2D eigenvalue weighted by Gasteiger charge is -2.16. The molecule has 7 nitrogen and oxygen atoms in total. The molecule has 0 bridgehead atoms. The average Bonchev–Trinajstić information content (AvgIpc) is 3.05. The number of hydrogen-bond donors (Lipinski definition) is 2. The number of carbonyl (C=O) groups is 1. The summed E-state index contributed by atoms with van der Waals surface area (Å²) in [7, 11) is 0. The lowest BCUT2D eigenvalue weighted by molar-refractivity contribution is -0.121. The molecule has 2 heterocycles. The molecule has 2 aromatic carbocycles. The van der Waals surface area contributed by atoms with Gasteiger partial charge in [-0.25, -0.2) is 0 Å². The highest BCUT2D eigenvalue weighted by Gasteiger charge is 2.15. The summed E-state index contributed by atoms with van der Waals surface area (Å²) in [5.41, 5.74) is 1.66. The molecule has 1 aromatic heterocycles. The molecule has 0 saturated carbocycles. The monoisotopic (exact) mass is 467 g/mol. The minimum Gasteiger partial charge on any atom is -0.490 e. The number of rotatable bonds is 8. The van der Waals surface area contributed by atoms with Gasteiger partial charge in [-0.1, -0.05) is 24.6 Å². The molecule has 3 aromatic rings. The van der Waals surface area contributed by atoms with E-state index in [1.165, 1.54) is 0 Å². The Bertz CT molecular complexity index is 1250. The summed E-state index contributed by atoms with van der Waals surface area (Å²) in [4.78, 5) is 28.2. The molecule has 174 valence electrons. The summed E-state index contributed by atoms with van der Waals surface area (Å²) in [6.45, 7) is 3.78. The number of nitrogens with zero attached hydrogens (tertiary/aromatic N) is 1. The van der Waals surface area contributed by atoms with E-state index >= 15 is 0 Å². The minimum absolute atomic E-state index is 0.00905. The quantitative estimate of drug-likeness (QED) is 0.372. The molecule has 1 amide bonds. The fraction of sp³-hybridized carbons (Fsp3) is 0.400. The molecular weight excluding hydrogens is 438 g/mol. The Morgan fingerprint density at radius 2 is 1.91 bits per heavy atom. The maximum Gasteiger partial charge on any atom is 0.262 e. The van der Waals surface area contributed by atoms with Gasteiger partial charge in [-0.15, -0.1) is 0 Å². The standard InChI is InChI=1S/C25H29N3O4S/c1-17(18-11-12-21-22(16-18)32-15-7-14-31-21)26-23(29)10-3-2-6-13-28-24(30)19-8-4-5-9-20(19)27-25(28)33/h4-5,8-9,11-12,16-17H,2-3,6-7,10,13-15H2,1H3,(H,26,29)(H,27,33)/t17-/m1/s1. The van der Waals surface area contributed by atoms with Crippen molar-refractivity contribution in [3.63, 3.8) is 0 Å². The van der Waals surface area contributed by atoms with Gasteiger partial charge in [0.2, 0.25) is 5.91 Å². The number of fused-ring (bicyclic) bond motifs is 2. The second kappa shape index (κ2) is 10.7. The van der Waals surface area contributed by atoms with Gasteiger partial charge in [0, 0.05) is 19.4 Å². The normalized spacial score (nSPS) is 14.0. The summed E-state index contributed by atoms with van der Waals surface area (Å²) in [5.74, 6) is 1.49. The van der Waals surface area contributed by atoms with Crippen molar-refractivity contribution in [3.8, 4) is 11.5 Å². The molecule has 4 rings (SSSR count). The molecule has 1 aliphatic heterocycles. The van der Waals surface area contributed by atoms with Crippen LogP contribution in [0, 0.1) is 4.77 Å². The highest BCUT2D eigenvalue weighted by Crippen LogP contribution is 2.32. The lowest BCUT2D eigenvalue weighted by Crippen LogP contribution is -2.26. The maximum atomic E-state index is 12.7. The largest absolute Gasteiger partial charge is 0.490 e. The third-order valence-electron chi connectivity index (χ3n) is 5.82. The molecule has 0 spiro atoms. The number of ether oxygens (including phenoxy) is 2. The summed E-state index contributed by atoms with van der Waals surface area (Å²) in [6, 6.07) is 13.0. The van der Waals surface area contributed by atoms with E-state index in [1.54, 1.807) is 10.6 Å². The van der Waals surface area contributed by atoms with Crippen molar-refractivity contribution in [2.24, 2.45) is 0 Å². The molecule has 0 fully saturated rings. The SMILES string of the molecule is C[C@@H](NC(=O)CCCCCn1c(=S)[nH]c2ccccc2c1=O)c1ccc2c(c1)OCCCO2. The van der Waals surface area contributed by atoms with Crippen molar-refractivity contribution in [3.05, 3.63) is 63.2 Å². The van der Waals surface area contributed by atoms with E-state index in [-0.39, 0.29) is 17.5 Å². The van der Waals surface area contributed by atoms with Crippen molar-refractivity contribution in [2.75, 3.05) is 13.2 Å². The van der Waals surface area contributed by atoms with E-state index in [4.69, 9.17) is 21.7 Å². The lowest BCUT2D eigenvalue weighted by atomic mass is 10.1. The predicted molar refractivity (Wildman–Crippen MR) is 130 cm³/mol. The Morgan fingerprint density at radius 1 is 1.12 bits per heavy atom. The molecular formula is C25H29N3O4S. The van der Waals surface area contributed by atoms with Crippen LogP contribution >= 0.6 is 12.2 Å². The summed E-state index contributed by atoms with van der Waals surface area (Å²) >= 11 is 5.35. The zero-order valence-electron chi connectivity index (χ0n) is 18.8. The van der Waals surface area contributed by atoms with Gasteiger partial charge in [0.05, 0.1) is 30.2 Å². The van der Waals surface area contributed by atoms with Crippen molar-refractivity contribution in [2.45, 2.75) is 51.6 Å². The van der Waals surface area contributed by atoms with Crippen LogP contribution in [0.15, 0.2) is 47.3 Å². The molecule has 1 aliphatic rings. The van der Waals surface area contributed by atoms with Crippen LogP contribution in [0.5, 0.6) is 11.5 Å². The van der Waals surface area contributed by atoms with Crippen LogP contribution in [0.1, 0.15) is 50.6 Å². The van der Waals surface area contributed by atoms with Crippen LogP contribution in [0.2, 0.25) is 0 Å². The van der Waals surface area contributed by atoms with E-state index in [0.29, 0.717) is 36.3 Å². The van der Waals surface area contributed by atoms with Gasteiger partial charge < -0.3 is 19.8 Å². The second-order valence-electron chi connectivity index (χ2n) is 8.29. The summed E-state index contributed by atoms with van der Waals surface area (Å²) < 4.78 is 13.4. The number of amides is 1. The predicted octanol–water partition coefficient (Wildman–Crippen LogP) is 4.66. The molecule has 2 N–H and O–H groups in total. The molecule has 0 radical (unpaired) electrons. The van der Waals surface area contributed by atoms with Crippen molar-refractivity contribution in [1.29, 1.82) is 0 Å². The number of unbranched alkanes of at least 4 members (excludes halogenated alkanes) is 2. The topological polar surface area (TPSA) is 85.4 Å². The van der Waals surface area contributed by atoms with Gasteiger partial charge in [-0.3, -0.25) is 14.2 Å². The first-order valence-corrected chi connectivity index (χ1v) is 11.8. The summed E-state index contributed by atoms with van der Waals surface area (Å²) in [6.07, 6.45) is 3.66. The molecule has 0 unspecified atom stereocenters. The van der Waals surface area contributed by atoms with Crippen LogP contribution in [-0.2, 0) is 11.3 Å². The van der Waals surface area contributed by atoms with Gasteiger partial charge in [-0.05, 0) is 61.8 Å². The highest BCUT2D eigenvalue weighted by atomic mass is 32.1. The van der Waals surface area contributed by atoms with Gasteiger partial charge in [0.1, 0.15) is 0 Å². The van der Waals surface area contributed by atoms with Gasteiger partial charge in [0.15, 0.2) is 16.3 Å². The van der Waals surface area contributed by atoms with Crippen LogP contribution in [0.3, 0.4) is 0 Å². The number of aromatic nitrogens is 2. The number of hydrogen-bond acceptors (Lipinski definition) is 5. The van der Waals surface area contributed by atoms with Crippen molar-refractivity contribution in [1.82, 2.24) is 14.9 Å². The summed E-state index contributed by atoms with van der Waals surface area (Å²) in [5, 5.41) is 3.69. The van der Waals surface area contributed by atoms with Gasteiger partial charge >= 0.3 is 0 Å². The number of aromatic amines is 1. The maximum absolute atomic E-state index is 12.7. The molecule has 8 heteroatoms. The van der Waals surface area contributed by atoms with Crippen molar-refractivity contribution >= 4 is 29.0 Å². The number of carbonyl (C=O) groups excluding carboxylic acids is 1. The Hall–Kier alpha value is -3.13. The highest BCUT2D eigenvalue weighted by molar-refractivity contribution is 7.71. The third-order valence-corrected chi connectivity index (χ3v) is 6.15. The fourth-order valence-electron chi connectivity index (χ4n) is 3.98. The van der Waals surface area contributed by atoms with E-state index in [9.17, 15) is 9.59 Å². The molecule has 0 saturated heterocycles. The molecule has 1 atom stereocenters. The number of nitrogens with one attached hydrogen (secondary N) is 2. The average molecular weight is 468 g/mol. The van der Waals surface area contributed by atoms with E-state index < -0.39 is 0 Å². The van der Waals surface area contributed by atoms with E-state index in [1.807, 2.05) is 43.3 Å². The number of H-pyrrole nitrogens is 1. The number of para-hydroxylation sites is 1. The van der Waals surface area contributed by atoms with Crippen molar-refractivity contribution < 1.29 is 14.3 Å².